The van der Waals surface area contributed by atoms with Crippen molar-refractivity contribution >= 4 is 34.0 Å². The number of fused-ring (bicyclic) bond motifs is 3. The fourth-order valence-electron chi connectivity index (χ4n) is 4.02. The number of nitrogens with two attached hydrogens (primary N) is 1. The Morgan fingerprint density at radius 3 is 2.84 bits per heavy atom. The van der Waals surface area contributed by atoms with Gasteiger partial charge in [-0.1, -0.05) is 12.1 Å². The van der Waals surface area contributed by atoms with Crippen LogP contribution in [0, 0.1) is 0 Å². The van der Waals surface area contributed by atoms with Crippen LogP contribution in [0.15, 0.2) is 35.7 Å². The van der Waals surface area contributed by atoms with E-state index in [-0.39, 0.29) is 5.60 Å². The molecule has 2 aliphatic heterocycles. The van der Waals surface area contributed by atoms with Crippen LogP contribution in [-0.4, -0.2) is 29.7 Å². The second kappa shape index (κ2) is 5.68. The Bertz CT molecular complexity index is 930. The van der Waals surface area contributed by atoms with Gasteiger partial charge >= 0.3 is 0 Å². The van der Waals surface area contributed by atoms with Crippen molar-refractivity contribution in [3.8, 4) is 0 Å². The number of thiophene rings is 1. The van der Waals surface area contributed by atoms with Crippen LogP contribution in [0.2, 0.25) is 0 Å². The Morgan fingerprint density at radius 1 is 1.12 bits per heavy atom. The second-order valence-corrected chi connectivity index (χ2v) is 7.70. The van der Waals surface area contributed by atoms with E-state index in [0.717, 1.165) is 55.8 Å². The number of hydrogen-bond acceptors (Lipinski definition) is 6. The van der Waals surface area contributed by atoms with Gasteiger partial charge in [0.2, 0.25) is 5.95 Å². The molecule has 3 aromatic rings. The highest BCUT2D eigenvalue weighted by Crippen LogP contribution is 2.44. The Balaban J connectivity index is 1.43. The molecule has 1 aromatic carbocycles. The van der Waals surface area contributed by atoms with Crippen molar-refractivity contribution in [1.29, 1.82) is 0 Å². The molecule has 0 atom stereocenters. The maximum Gasteiger partial charge on any atom is 0.227 e. The molecule has 4 heterocycles. The SMILES string of the molecule is Nc1nc(N2CCC3(CC2)OCCc2ccsc23)nc2ccccc12. The van der Waals surface area contributed by atoms with Crippen LogP contribution >= 0.6 is 11.3 Å². The van der Waals surface area contributed by atoms with Gasteiger partial charge in [0.05, 0.1) is 12.1 Å². The highest BCUT2D eigenvalue weighted by Gasteiger charge is 2.42. The fourth-order valence-corrected chi connectivity index (χ4v) is 5.19. The standard InChI is InChI=1S/C19H20N4OS/c20-17-14-3-1-2-4-15(14)21-18(22-17)23-9-7-19(8-10-23)16-13(5-11-24-19)6-12-25-16/h1-4,6,12H,5,7-11H2,(H2,20,21,22). The van der Waals surface area contributed by atoms with Gasteiger partial charge in [-0.25, -0.2) is 4.98 Å². The summed E-state index contributed by atoms with van der Waals surface area (Å²) in [5.41, 5.74) is 8.41. The molecule has 1 spiro atoms. The lowest BCUT2D eigenvalue weighted by atomic mass is 9.85. The lowest BCUT2D eigenvalue weighted by Gasteiger charge is -2.43. The largest absolute Gasteiger partial charge is 0.383 e. The monoisotopic (exact) mass is 352 g/mol. The first-order valence-electron chi connectivity index (χ1n) is 8.73. The lowest BCUT2D eigenvalue weighted by molar-refractivity contribution is -0.0736. The van der Waals surface area contributed by atoms with Crippen molar-refractivity contribution in [3.05, 3.63) is 46.2 Å². The van der Waals surface area contributed by atoms with Gasteiger partial charge in [-0.05, 0) is 48.4 Å². The molecule has 0 amide bonds. The second-order valence-electron chi connectivity index (χ2n) is 6.78. The van der Waals surface area contributed by atoms with Crippen molar-refractivity contribution in [1.82, 2.24) is 9.97 Å². The number of nitrogens with zero attached hydrogens (tertiary/aromatic N) is 3. The normalized spacial score (nSPS) is 19.3. The Kier molecular flexibility index (Phi) is 3.43. The van der Waals surface area contributed by atoms with E-state index in [4.69, 9.17) is 15.5 Å². The number of anilines is 2. The zero-order valence-corrected chi connectivity index (χ0v) is 14.8. The molecule has 0 unspecified atom stereocenters. The van der Waals surface area contributed by atoms with E-state index in [1.807, 2.05) is 35.6 Å². The summed E-state index contributed by atoms with van der Waals surface area (Å²) in [7, 11) is 0. The average Bonchev–Trinajstić information content (AvgIpc) is 3.13. The Hall–Kier alpha value is -2.18. The molecule has 128 valence electrons. The van der Waals surface area contributed by atoms with Gasteiger partial charge in [0.1, 0.15) is 11.4 Å². The van der Waals surface area contributed by atoms with Crippen molar-refractivity contribution in [2.24, 2.45) is 0 Å². The van der Waals surface area contributed by atoms with E-state index in [1.165, 1.54) is 10.4 Å². The van der Waals surface area contributed by atoms with E-state index in [2.05, 4.69) is 21.3 Å². The van der Waals surface area contributed by atoms with Gasteiger partial charge in [-0.3, -0.25) is 0 Å². The zero-order valence-electron chi connectivity index (χ0n) is 13.9. The van der Waals surface area contributed by atoms with E-state index < -0.39 is 0 Å². The Labute approximate surface area is 150 Å². The molecule has 6 heteroatoms. The summed E-state index contributed by atoms with van der Waals surface area (Å²) in [6.07, 6.45) is 2.97. The van der Waals surface area contributed by atoms with Crippen LogP contribution in [-0.2, 0) is 16.8 Å². The van der Waals surface area contributed by atoms with Crippen LogP contribution in [0.5, 0.6) is 0 Å². The molecule has 0 bridgehead atoms. The minimum atomic E-state index is -0.110. The smallest absolute Gasteiger partial charge is 0.227 e. The summed E-state index contributed by atoms with van der Waals surface area (Å²) in [5.74, 6) is 1.28. The van der Waals surface area contributed by atoms with Crippen LogP contribution in [0.25, 0.3) is 10.9 Å². The van der Waals surface area contributed by atoms with Crippen LogP contribution < -0.4 is 10.6 Å². The van der Waals surface area contributed by atoms with E-state index >= 15 is 0 Å². The quantitative estimate of drug-likeness (QED) is 0.728. The van der Waals surface area contributed by atoms with Gasteiger partial charge in [-0.15, -0.1) is 11.3 Å². The van der Waals surface area contributed by atoms with Gasteiger partial charge in [0.25, 0.3) is 0 Å². The number of piperidine rings is 1. The first-order chi connectivity index (χ1) is 12.3. The zero-order chi connectivity index (χ0) is 16.9. The summed E-state index contributed by atoms with van der Waals surface area (Å²) >= 11 is 1.84. The van der Waals surface area contributed by atoms with E-state index in [9.17, 15) is 0 Å². The predicted octanol–water partition coefficient (Wildman–Crippen LogP) is 3.34. The molecular weight excluding hydrogens is 332 g/mol. The fraction of sp³-hybridized carbons (Fsp3) is 0.368. The molecule has 1 saturated heterocycles. The van der Waals surface area contributed by atoms with E-state index in [0.29, 0.717) is 5.82 Å². The van der Waals surface area contributed by atoms with Crippen molar-refractivity contribution in [2.75, 3.05) is 30.3 Å². The van der Waals surface area contributed by atoms with E-state index in [1.54, 1.807) is 0 Å². The van der Waals surface area contributed by atoms with Crippen LogP contribution in [0.3, 0.4) is 0 Å². The number of benzene rings is 1. The minimum absolute atomic E-state index is 0.110. The maximum atomic E-state index is 6.29. The van der Waals surface area contributed by atoms with Gasteiger partial charge < -0.3 is 15.4 Å². The summed E-state index contributed by atoms with van der Waals surface area (Å²) in [5, 5.41) is 3.11. The highest BCUT2D eigenvalue weighted by atomic mass is 32.1. The van der Waals surface area contributed by atoms with Crippen molar-refractivity contribution in [3.63, 3.8) is 0 Å². The topological polar surface area (TPSA) is 64.3 Å². The van der Waals surface area contributed by atoms with Gasteiger partial charge in [0, 0.05) is 23.4 Å². The van der Waals surface area contributed by atoms with Gasteiger partial charge in [0.15, 0.2) is 0 Å². The minimum Gasteiger partial charge on any atom is -0.383 e. The summed E-state index contributed by atoms with van der Waals surface area (Å²) in [4.78, 5) is 12.9. The number of para-hydroxylation sites is 1. The first kappa shape index (κ1) is 15.1. The molecule has 2 aromatic heterocycles. The molecule has 0 aliphatic carbocycles. The number of nitrogen functional groups attached to an aromatic ring is 1. The number of hydrogen-bond donors (Lipinski definition) is 1. The molecule has 2 N–H and O–H groups in total. The van der Waals surface area contributed by atoms with Gasteiger partial charge in [-0.2, -0.15) is 4.98 Å². The molecule has 1 fully saturated rings. The summed E-state index contributed by atoms with van der Waals surface area (Å²) < 4.78 is 6.29. The number of rotatable bonds is 1. The summed E-state index contributed by atoms with van der Waals surface area (Å²) in [6, 6.07) is 10.2. The third-order valence-electron chi connectivity index (χ3n) is 5.39. The highest BCUT2D eigenvalue weighted by molar-refractivity contribution is 7.10. The average molecular weight is 352 g/mol. The van der Waals surface area contributed by atoms with Crippen molar-refractivity contribution < 1.29 is 4.74 Å². The maximum absolute atomic E-state index is 6.29. The number of ether oxygens (including phenoxy) is 1. The molecule has 5 nitrogen and oxygen atoms in total. The predicted molar refractivity (Wildman–Crippen MR) is 101 cm³/mol. The number of aromatic nitrogens is 2. The first-order valence-corrected chi connectivity index (χ1v) is 9.61. The lowest BCUT2D eigenvalue weighted by Crippen LogP contribution is -2.46. The molecule has 25 heavy (non-hydrogen) atoms. The van der Waals surface area contributed by atoms with Crippen LogP contribution in [0.1, 0.15) is 23.3 Å². The molecule has 0 saturated carbocycles. The Morgan fingerprint density at radius 2 is 1.96 bits per heavy atom. The summed E-state index contributed by atoms with van der Waals surface area (Å²) in [6.45, 7) is 2.59. The third-order valence-corrected chi connectivity index (χ3v) is 6.53. The van der Waals surface area contributed by atoms with Crippen molar-refractivity contribution in [2.45, 2.75) is 24.9 Å². The molecular formula is C19H20N4OS. The molecule has 0 radical (unpaired) electrons. The molecule has 5 rings (SSSR count). The molecule has 2 aliphatic rings. The van der Waals surface area contributed by atoms with Crippen LogP contribution in [0.4, 0.5) is 11.8 Å². The third kappa shape index (κ3) is 2.40.